The van der Waals surface area contributed by atoms with Crippen LogP contribution >= 0.6 is 0 Å². The number of aliphatic imine (C=N–C) groups is 1. The normalized spacial score (nSPS) is 12.5. The van der Waals surface area contributed by atoms with Crippen molar-refractivity contribution in [3.8, 4) is 5.88 Å². The van der Waals surface area contributed by atoms with Gasteiger partial charge in [-0.3, -0.25) is 9.36 Å². The number of nitrogens with one attached hydrogen (secondary N) is 1. The molecule has 5 heteroatoms. The zero-order chi connectivity index (χ0) is 27.2. The molecule has 1 heterocycles. The van der Waals surface area contributed by atoms with Gasteiger partial charge in [-0.1, -0.05) is 111 Å². The molecule has 1 unspecified atom stereocenters. The maximum absolute atomic E-state index is 13.7. The van der Waals surface area contributed by atoms with Gasteiger partial charge in [0, 0.05) is 17.5 Å². The minimum absolute atomic E-state index is 0.0373. The van der Waals surface area contributed by atoms with Crippen LogP contribution in [0.2, 0.25) is 0 Å². The second-order valence-electron chi connectivity index (χ2n) is 10.1. The Morgan fingerprint density at radius 1 is 0.821 bits per heavy atom. The fraction of sp³-hybridized carbons (Fsp3) is 0.176. The number of carbonyl (C=O) groups is 1. The first kappa shape index (κ1) is 26.0. The minimum Gasteiger partial charge on any atom is -0.494 e. The topological polar surface area (TPSA) is 66.6 Å². The fourth-order valence-corrected chi connectivity index (χ4v) is 4.97. The predicted molar refractivity (Wildman–Crippen MR) is 159 cm³/mol. The molecule has 0 radical (unpaired) electrons. The molecule has 5 nitrogen and oxygen atoms in total. The van der Waals surface area contributed by atoms with E-state index in [2.05, 4.69) is 19.2 Å². The summed E-state index contributed by atoms with van der Waals surface area (Å²) in [7, 11) is 0. The van der Waals surface area contributed by atoms with Gasteiger partial charge in [-0.25, -0.2) is 4.99 Å². The molecule has 2 N–H and O–H groups in total. The van der Waals surface area contributed by atoms with Crippen molar-refractivity contribution in [3.05, 3.63) is 132 Å². The standard InChI is InChI=1S/C34H33N3O2/c1-24(2)22-30(33(38)35-23-25-14-6-3-7-15-25)37-29-21-13-12-20-28(29)31(34(37)39)32(26-16-8-4-9-17-26)36-27-18-10-5-11-19-27/h3-21,24,30,39H,22-23H2,1-2H3,(H,35,38). The van der Waals surface area contributed by atoms with E-state index in [-0.39, 0.29) is 17.7 Å². The van der Waals surface area contributed by atoms with E-state index < -0.39 is 6.04 Å². The van der Waals surface area contributed by atoms with E-state index in [9.17, 15) is 9.90 Å². The molecule has 1 atom stereocenters. The number of aromatic nitrogens is 1. The highest BCUT2D eigenvalue weighted by atomic mass is 16.3. The Labute approximate surface area is 229 Å². The van der Waals surface area contributed by atoms with Gasteiger partial charge in [0.25, 0.3) is 0 Å². The lowest BCUT2D eigenvalue weighted by Gasteiger charge is -2.22. The number of para-hydroxylation sites is 2. The summed E-state index contributed by atoms with van der Waals surface area (Å²) in [5.74, 6) is 0.139. The van der Waals surface area contributed by atoms with Gasteiger partial charge in [0.1, 0.15) is 6.04 Å². The first-order valence-corrected chi connectivity index (χ1v) is 13.4. The summed E-state index contributed by atoms with van der Waals surface area (Å²) in [6, 6.07) is 36.7. The molecule has 5 rings (SSSR count). The molecule has 0 aliphatic carbocycles. The number of rotatable bonds is 9. The highest BCUT2D eigenvalue weighted by Gasteiger charge is 2.30. The molecule has 0 saturated heterocycles. The summed E-state index contributed by atoms with van der Waals surface area (Å²) in [6.07, 6.45) is 0.572. The van der Waals surface area contributed by atoms with Crippen LogP contribution in [0.3, 0.4) is 0 Å². The number of nitrogens with zero attached hydrogens (tertiary/aromatic N) is 2. The van der Waals surface area contributed by atoms with Crippen molar-refractivity contribution in [2.75, 3.05) is 0 Å². The van der Waals surface area contributed by atoms with Crippen LogP contribution in [0.15, 0.2) is 120 Å². The van der Waals surface area contributed by atoms with Crippen LogP contribution in [0.1, 0.15) is 43.0 Å². The summed E-state index contributed by atoms with van der Waals surface area (Å²) < 4.78 is 1.79. The minimum atomic E-state index is -0.596. The second kappa shape index (κ2) is 11.8. The van der Waals surface area contributed by atoms with Gasteiger partial charge in [-0.05, 0) is 36.1 Å². The largest absolute Gasteiger partial charge is 0.494 e. The maximum Gasteiger partial charge on any atom is 0.243 e. The maximum atomic E-state index is 13.7. The van der Waals surface area contributed by atoms with E-state index in [1.165, 1.54) is 0 Å². The quantitative estimate of drug-likeness (QED) is 0.201. The summed E-state index contributed by atoms with van der Waals surface area (Å²) >= 11 is 0. The Balaban J connectivity index is 1.66. The Bertz CT molecular complexity index is 1570. The van der Waals surface area contributed by atoms with Gasteiger partial charge in [0.05, 0.1) is 22.5 Å². The number of hydrogen-bond donors (Lipinski definition) is 2. The SMILES string of the molecule is CC(C)CC(C(=O)NCc1ccccc1)n1c(O)c(C(=Nc2ccccc2)c2ccccc2)c2ccccc21. The van der Waals surface area contributed by atoms with Crippen molar-refractivity contribution < 1.29 is 9.90 Å². The number of benzene rings is 4. The third kappa shape index (κ3) is 5.78. The van der Waals surface area contributed by atoms with Crippen LogP contribution in [-0.4, -0.2) is 21.3 Å². The van der Waals surface area contributed by atoms with Gasteiger partial charge in [0.15, 0.2) is 0 Å². The number of carbonyl (C=O) groups excluding carboxylic acids is 1. The first-order chi connectivity index (χ1) is 19.0. The number of hydrogen-bond acceptors (Lipinski definition) is 3. The van der Waals surface area contributed by atoms with Gasteiger partial charge < -0.3 is 10.4 Å². The van der Waals surface area contributed by atoms with E-state index in [0.717, 1.165) is 27.7 Å². The molecule has 1 amide bonds. The number of fused-ring (bicyclic) bond motifs is 1. The zero-order valence-corrected chi connectivity index (χ0v) is 22.3. The molecule has 0 saturated carbocycles. The Hall–Kier alpha value is -4.64. The fourth-order valence-electron chi connectivity index (χ4n) is 4.97. The zero-order valence-electron chi connectivity index (χ0n) is 22.3. The molecule has 1 aromatic heterocycles. The average Bonchev–Trinajstić information content (AvgIpc) is 3.26. The molecule has 0 aliphatic heterocycles. The molecule has 0 spiro atoms. The Morgan fingerprint density at radius 2 is 1.41 bits per heavy atom. The molecular weight excluding hydrogens is 482 g/mol. The van der Waals surface area contributed by atoms with E-state index in [1.54, 1.807) is 4.57 Å². The summed E-state index contributed by atoms with van der Waals surface area (Å²) in [6.45, 7) is 4.60. The molecule has 0 fully saturated rings. The molecule has 0 bridgehead atoms. The Morgan fingerprint density at radius 3 is 2.08 bits per heavy atom. The predicted octanol–water partition coefficient (Wildman–Crippen LogP) is 7.42. The smallest absolute Gasteiger partial charge is 0.243 e. The highest BCUT2D eigenvalue weighted by molar-refractivity contribution is 6.22. The molecule has 5 aromatic rings. The monoisotopic (exact) mass is 515 g/mol. The molecule has 39 heavy (non-hydrogen) atoms. The summed E-state index contributed by atoms with van der Waals surface area (Å²) in [5.41, 5.74) is 4.76. The molecule has 4 aromatic carbocycles. The van der Waals surface area contributed by atoms with Crippen LogP contribution in [-0.2, 0) is 11.3 Å². The third-order valence-electron chi connectivity index (χ3n) is 6.78. The summed E-state index contributed by atoms with van der Waals surface area (Å²) in [4.78, 5) is 18.7. The summed E-state index contributed by atoms with van der Waals surface area (Å²) in [5, 5.41) is 15.9. The van der Waals surface area contributed by atoms with Crippen LogP contribution in [0.5, 0.6) is 5.88 Å². The molecule has 0 aliphatic rings. The lowest BCUT2D eigenvalue weighted by atomic mass is 10.0. The number of aromatic hydroxyl groups is 1. The van der Waals surface area contributed by atoms with Crippen LogP contribution in [0.4, 0.5) is 5.69 Å². The van der Waals surface area contributed by atoms with Gasteiger partial charge in [-0.15, -0.1) is 0 Å². The van der Waals surface area contributed by atoms with Crippen molar-refractivity contribution in [3.63, 3.8) is 0 Å². The van der Waals surface area contributed by atoms with Crippen molar-refractivity contribution in [2.24, 2.45) is 10.9 Å². The van der Waals surface area contributed by atoms with E-state index >= 15 is 0 Å². The van der Waals surface area contributed by atoms with Crippen LogP contribution in [0, 0.1) is 5.92 Å². The Kier molecular flexibility index (Phi) is 7.88. The van der Waals surface area contributed by atoms with E-state index in [4.69, 9.17) is 4.99 Å². The van der Waals surface area contributed by atoms with Gasteiger partial charge in [0.2, 0.25) is 11.8 Å². The van der Waals surface area contributed by atoms with Crippen molar-refractivity contribution in [1.82, 2.24) is 9.88 Å². The van der Waals surface area contributed by atoms with Crippen molar-refractivity contribution in [1.29, 1.82) is 0 Å². The number of amides is 1. The van der Waals surface area contributed by atoms with E-state index in [0.29, 0.717) is 24.2 Å². The third-order valence-corrected chi connectivity index (χ3v) is 6.78. The molecule has 196 valence electrons. The molecular formula is C34H33N3O2. The average molecular weight is 516 g/mol. The van der Waals surface area contributed by atoms with Crippen molar-refractivity contribution >= 4 is 28.2 Å². The van der Waals surface area contributed by atoms with Crippen LogP contribution < -0.4 is 5.32 Å². The van der Waals surface area contributed by atoms with Crippen molar-refractivity contribution in [2.45, 2.75) is 32.9 Å². The van der Waals surface area contributed by atoms with Gasteiger partial charge in [-0.2, -0.15) is 0 Å². The lowest BCUT2D eigenvalue weighted by Crippen LogP contribution is -2.33. The highest BCUT2D eigenvalue weighted by Crippen LogP contribution is 2.38. The van der Waals surface area contributed by atoms with Crippen LogP contribution in [0.25, 0.3) is 10.9 Å². The second-order valence-corrected chi connectivity index (χ2v) is 10.1. The lowest BCUT2D eigenvalue weighted by molar-refractivity contribution is -0.125. The van der Waals surface area contributed by atoms with E-state index in [1.807, 2.05) is 115 Å². The van der Waals surface area contributed by atoms with Gasteiger partial charge >= 0.3 is 0 Å². The first-order valence-electron chi connectivity index (χ1n) is 13.4.